The van der Waals surface area contributed by atoms with E-state index in [-0.39, 0.29) is 5.56 Å². The molecule has 0 unspecified atom stereocenters. The van der Waals surface area contributed by atoms with Gasteiger partial charge in [-0.25, -0.2) is 18.7 Å². The molecule has 33 heavy (non-hydrogen) atoms. The maximum absolute atomic E-state index is 14.6. The third-order valence-electron chi connectivity index (χ3n) is 5.24. The van der Waals surface area contributed by atoms with Gasteiger partial charge in [-0.3, -0.25) is 4.98 Å². The molecule has 2 aromatic heterocycles. The van der Waals surface area contributed by atoms with Crippen molar-refractivity contribution >= 4 is 16.7 Å². The standard InChI is InChI=1S/C25H25F2N5O/c1-32(2)12-6-11-29-25-19-13-17(18-8-4-9-20(26)22(18)27)14-21(33-3)23(19)30-24(31-25)16-7-5-10-28-15-16/h4-5,7-10,13-15H,6,11-12H2,1-3H3,(H,29,30,31). The largest absolute Gasteiger partial charge is 0.494 e. The molecule has 0 saturated heterocycles. The highest BCUT2D eigenvalue weighted by molar-refractivity contribution is 5.97. The number of fused-ring (bicyclic) bond motifs is 1. The Balaban J connectivity index is 1.88. The van der Waals surface area contributed by atoms with E-state index in [4.69, 9.17) is 14.7 Å². The Kier molecular flexibility index (Phi) is 6.74. The first kappa shape index (κ1) is 22.5. The van der Waals surface area contributed by atoms with Crippen LogP contribution in [0.15, 0.2) is 54.9 Å². The second kappa shape index (κ2) is 9.87. The van der Waals surface area contributed by atoms with Crippen LogP contribution in [-0.2, 0) is 0 Å². The van der Waals surface area contributed by atoms with E-state index in [0.29, 0.717) is 40.4 Å². The highest BCUT2D eigenvalue weighted by Crippen LogP contribution is 2.36. The Labute approximate surface area is 191 Å². The zero-order chi connectivity index (χ0) is 23.4. The van der Waals surface area contributed by atoms with Crippen molar-refractivity contribution in [1.82, 2.24) is 19.9 Å². The maximum atomic E-state index is 14.6. The average molecular weight is 450 g/mol. The lowest BCUT2D eigenvalue weighted by Crippen LogP contribution is -2.17. The van der Waals surface area contributed by atoms with Crippen molar-refractivity contribution in [1.29, 1.82) is 0 Å². The maximum Gasteiger partial charge on any atom is 0.166 e. The molecular formula is C25H25F2N5O. The molecule has 0 spiro atoms. The highest BCUT2D eigenvalue weighted by atomic mass is 19.2. The lowest BCUT2D eigenvalue weighted by atomic mass is 10.0. The van der Waals surface area contributed by atoms with Gasteiger partial charge < -0.3 is 15.0 Å². The molecule has 1 N–H and O–H groups in total. The number of aromatic nitrogens is 3. The minimum atomic E-state index is -0.910. The van der Waals surface area contributed by atoms with Crippen LogP contribution in [0.4, 0.5) is 14.6 Å². The first-order valence-corrected chi connectivity index (χ1v) is 10.6. The number of anilines is 1. The van der Waals surface area contributed by atoms with Crippen molar-refractivity contribution in [2.24, 2.45) is 0 Å². The van der Waals surface area contributed by atoms with Crippen molar-refractivity contribution in [3.05, 3.63) is 66.5 Å². The van der Waals surface area contributed by atoms with Crippen LogP contribution in [0, 0.1) is 11.6 Å². The van der Waals surface area contributed by atoms with Crippen LogP contribution < -0.4 is 10.1 Å². The minimum Gasteiger partial charge on any atom is -0.494 e. The molecule has 4 aromatic rings. The summed E-state index contributed by atoms with van der Waals surface area (Å²) in [6.45, 7) is 1.59. The van der Waals surface area contributed by atoms with Gasteiger partial charge in [0.2, 0.25) is 0 Å². The molecule has 0 saturated carbocycles. The van der Waals surface area contributed by atoms with Crippen LogP contribution in [0.1, 0.15) is 6.42 Å². The van der Waals surface area contributed by atoms with Crippen LogP contribution in [0.3, 0.4) is 0 Å². The van der Waals surface area contributed by atoms with Crippen molar-refractivity contribution < 1.29 is 13.5 Å². The topological polar surface area (TPSA) is 63.2 Å². The van der Waals surface area contributed by atoms with Crippen LogP contribution in [-0.4, -0.2) is 54.1 Å². The smallest absolute Gasteiger partial charge is 0.166 e. The molecule has 0 aliphatic heterocycles. The first-order valence-electron chi connectivity index (χ1n) is 10.6. The Morgan fingerprint density at radius 2 is 1.88 bits per heavy atom. The van der Waals surface area contributed by atoms with Gasteiger partial charge in [-0.2, -0.15) is 0 Å². The predicted molar refractivity (Wildman–Crippen MR) is 126 cm³/mol. The number of nitrogens with zero attached hydrogens (tertiary/aromatic N) is 4. The van der Waals surface area contributed by atoms with Crippen molar-refractivity contribution in [2.75, 3.05) is 39.6 Å². The molecule has 8 heteroatoms. The molecule has 0 aliphatic carbocycles. The van der Waals surface area contributed by atoms with Crippen LogP contribution in [0.25, 0.3) is 33.4 Å². The summed E-state index contributed by atoms with van der Waals surface area (Å²) >= 11 is 0. The number of ether oxygens (including phenoxy) is 1. The van der Waals surface area contributed by atoms with Crippen LogP contribution in [0.5, 0.6) is 5.75 Å². The summed E-state index contributed by atoms with van der Waals surface area (Å²) in [5.74, 6) is -0.289. The molecule has 0 atom stereocenters. The fourth-order valence-corrected chi connectivity index (χ4v) is 3.60. The van der Waals surface area contributed by atoms with E-state index in [1.54, 1.807) is 24.5 Å². The van der Waals surface area contributed by atoms with E-state index in [9.17, 15) is 8.78 Å². The molecule has 0 radical (unpaired) electrons. The van der Waals surface area contributed by atoms with Gasteiger partial charge in [0.05, 0.1) is 7.11 Å². The Morgan fingerprint density at radius 1 is 1.03 bits per heavy atom. The minimum absolute atomic E-state index is 0.144. The van der Waals surface area contributed by atoms with Gasteiger partial charge in [-0.15, -0.1) is 0 Å². The summed E-state index contributed by atoms with van der Waals surface area (Å²) in [6.07, 6.45) is 4.28. The SMILES string of the molecule is COc1cc(-c2cccc(F)c2F)cc2c(NCCCN(C)C)nc(-c3cccnc3)nc12. The monoisotopic (exact) mass is 449 g/mol. The Morgan fingerprint density at radius 3 is 2.61 bits per heavy atom. The highest BCUT2D eigenvalue weighted by Gasteiger charge is 2.18. The van der Waals surface area contributed by atoms with Gasteiger partial charge in [0.15, 0.2) is 17.5 Å². The van der Waals surface area contributed by atoms with Gasteiger partial charge in [0.1, 0.15) is 17.1 Å². The molecule has 170 valence electrons. The number of methoxy groups -OCH3 is 1. The number of halogens is 2. The second-order valence-corrected chi connectivity index (χ2v) is 7.90. The number of hydrogen-bond donors (Lipinski definition) is 1. The Bertz CT molecular complexity index is 1260. The third-order valence-corrected chi connectivity index (χ3v) is 5.24. The van der Waals surface area contributed by atoms with Crippen molar-refractivity contribution in [2.45, 2.75) is 6.42 Å². The zero-order valence-electron chi connectivity index (χ0n) is 18.8. The lowest BCUT2D eigenvalue weighted by Gasteiger charge is -2.16. The summed E-state index contributed by atoms with van der Waals surface area (Å²) in [4.78, 5) is 15.7. The van der Waals surface area contributed by atoms with E-state index >= 15 is 0 Å². The van der Waals surface area contributed by atoms with E-state index in [1.165, 1.54) is 19.2 Å². The molecular weight excluding hydrogens is 424 g/mol. The third kappa shape index (κ3) is 4.90. The number of nitrogens with one attached hydrogen (secondary N) is 1. The van der Waals surface area contributed by atoms with Gasteiger partial charge in [-0.1, -0.05) is 12.1 Å². The first-order chi connectivity index (χ1) is 16.0. The average Bonchev–Trinajstić information content (AvgIpc) is 2.83. The molecule has 0 aliphatic rings. The van der Waals surface area contributed by atoms with Crippen molar-refractivity contribution in [3.8, 4) is 28.3 Å². The summed E-state index contributed by atoms with van der Waals surface area (Å²) < 4.78 is 34.1. The van der Waals surface area contributed by atoms with Crippen LogP contribution in [0.2, 0.25) is 0 Å². The quantitative estimate of drug-likeness (QED) is 0.382. The van der Waals surface area contributed by atoms with E-state index in [2.05, 4.69) is 15.2 Å². The summed E-state index contributed by atoms with van der Waals surface area (Å²) in [6, 6.07) is 11.2. The summed E-state index contributed by atoms with van der Waals surface area (Å²) in [5, 5.41) is 4.05. The van der Waals surface area contributed by atoms with Gasteiger partial charge in [0.25, 0.3) is 0 Å². The number of rotatable bonds is 8. The summed E-state index contributed by atoms with van der Waals surface area (Å²) in [7, 11) is 5.56. The van der Waals surface area contributed by atoms with Gasteiger partial charge >= 0.3 is 0 Å². The molecule has 6 nitrogen and oxygen atoms in total. The fraction of sp³-hybridized carbons (Fsp3) is 0.240. The fourth-order valence-electron chi connectivity index (χ4n) is 3.60. The predicted octanol–water partition coefficient (Wildman–Crippen LogP) is 5.01. The second-order valence-electron chi connectivity index (χ2n) is 7.90. The van der Waals surface area contributed by atoms with Crippen LogP contribution >= 0.6 is 0 Å². The molecule has 4 rings (SSSR count). The molecule has 0 bridgehead atoms. The summed E-state index contributed by atoms with van der Waals surface area (Å²) in [5.41, 5.74) is 1.95. The van der Waals surface area contributed by atoms with Gasteiger partial charge in [0, 0.05) is 35.5 Å². The number of benzene rings is 2. The zero-order valence-corrected chi connectivity index (χ0v) is 18.8. The molecule has 0 amide bonds. The van der Waals surface area contributed by atoms with E-state index in [1.807, 2.05) is 26.2 Å². The lowest BCUT2D eigenvalue weighted by molar-refractivity contribution is 0.405. The molecule has 0 fully saturated rings. The molecule has 2 heterocycles. The van der Waals surface area contributed by atoms with Crippen molar-refractivity contribution in [3.63, 3.8) is 0 Å². The number of pyridine rings is 1. The number of hydrogen-bond acceptors (Lipinski definition) is 6. The molecule has 2 aromatic carbocycles. The Hall–Kier alpha value is -3.65. The van der Waals surface area contributed by atoms with E-state index < -0.39 is 11.6 Å². The van der Waals surface area contributed by atoms with E-state index in [0.717, 1.165) is 24.6 Å². The van der Waals surface area contributed by atoms with Gasteiger partial charge in [-0.05, 0) is 63.0 Å². The normalized spacial score (nSPS) is 11.2.